The molecule has 1 amide bonds. The van der Waals surface area contributed by atoms with Gasteiger partial charge in [0, 0.05) is 37.8 Å². The zero-order valence-corrected chi connectivity index (χ0v) is 16.5. The van der Waals surface area contributed by atoms with Gasteiger partial charge in [0.15, 0.2) is 5.11 Å². The Balaban J connectivity index is 2.10. The second-order valence-electron chi connectivity index (χ2n) is 6.46. The predicted molar refractivity (Wildman–Crippen MR) is 104 cm³/mol. The molecule has 4 nitrogen and oxygen atoms in total. The third-order valence-corrected chi connectivity index (χ3v) is 5.38. The van der Waals surface area contributed by atoms with E-state index >= 15 is 0 Å². The zero-order chi connectivity index (χ0) is 18.6. The number of piperidine rings is 1. The molecule has 1 aromatic rings. The Morgan fingerprint density at radius 1 is 1.48 bits per heavy atom. The van der Waals surface area contributed by atoms with Crippen LogP contribution in [0, 0.1) is 5.82 Å². The van der Waals surface area contributed by atoms with E-state index in [-0.39, 0.29) is 23.0 Å². The van der Waals surface area contributed by atoms with Crippen LogP contribution in [0.5, 0.6) is 0 Å². The third-order valence-electron chi connectivity index (χ3n) is 4.77. The summed E-state index contributed by atoms with van der Waals surface area (Å²) in [6, 6.07) is 5.04. The summed E-state index contributed by atoms with van der Waals surface area (Å²) in [6.07, 6.45) is 2.73. The maximum atomic E-state index is 13.3. The van der Waals surface area contributed by atoms with Gasteiger partial charge in [0.2, 0.25) is 5.91 Å². The van der Waals surface area contributed by atoms with E-state index in [9.17, 15) is 9.18 Å². The molecule has 0 spiro atoms. The quantitative estimate of drug-likeness (QED) is 0.784. The van der Waals surface area contributed by atoms with Gasteiger partial charge >= 0.3 is 0 Å². The van der Waals surface area contributed by atoms with E-state index in [0.29, 0.717) is 10.8 Å². The number of thiocarbonyl (C=S) groups is 1. The van der Waals surface area contributed by atoms with Crippen molar-refractivity contribution in [2.75, 3.05) is 18.4 Å². The van der Waals surface area contributed by atoms with Crippen LogP contribution in [0.25, 0.3) is 0 Å². The average Bonchev–Trinajstić information content (AvgIpc) is 2.58. The number of nitrogens with zero attached hydrogens (tertiary/aromatic N) is 2. The van der Waals surface area contributed by atoms with E-state index in [1.807, 2.05) is 4.90 Å². The van der Waals surface area contributed by atoms with Gasteiger partial charge in [-0.05, 0) is 56.6 Å². The fraction of sp³-hybridized carbons (Fsp3) is 0.556. The van der Waals surface area contributed by atoms with Crippen molar-refractivity contribution < 1.29 is 9.18 Å². The molecule has 1 unspecified atom stereocenters. The molecule has 0 aliphatic carbocycles. The van der Waals surface area contributed by atoms with Crippen LogP contribution in [0.4, 0.5) is 10.1 Å². The molecule has 1 aromatic carbocycles. The van der Waals surface area contributed by atoms with Crippen molar-refractivity contribution in [1.29, 1.82) is 0 Å². The number of carbonyl (C=O) groups is 1. The minimum atomic E-state index is -0.450. The molecule has 1 N–H and O–H groups in total. The lowest BCUT2D eigenvalue weighted by Gasteiger charge is -2.42. The summed E-state index contributed by atoms with van der Waals surface area (Å²) in [7, 11) is 0. The SMILES string of the molecule is CCC(C)N(C(=S)Nc1ccc(F)c(Cl)c1)C1CCN(C(C)=O)CC1. The third kappa shape index (κ3) is 5.05. The molecule has 138 valence electrons. The largest absolute Gasteiger partial charge is 0.343 e. The van der Waals surface area contributed by atoms with Gasteiger partial charge in [0.1, 0.15) is 5.82 Å². The first kappa shape index (κ1) is 19.9. The number of likely N-dealkylation sites (tertiary alicyclic amines) is 1. The molecule has 25 heavy (non-hydrogen) atoms. The molecule has 0 aromatic heterocycles. The van der Waals surface area contributed by atoms with Crippen LogP contribution in [-0.2, 0) is 4.79 Å². The number of hydrogen-bond donors (Lipinski definition) is 1. The summed E-state index contributed by atoms with van der Waals surface area (Å²) in [5, 5.41) is 3.86. The first-order valence-corrected chi connectivity index (χ1v) is 9.42. The van der Waals surface area contributed by atoms with Crippen LogP contribution in [0.1, 0.15) is 40.0 Å². The number of anilines is 1. The monoisotopic (exact) mass is 385 g/mol. The molecule has 0 bridgehead atoms. The van der Waals surface area contributed by atoms with Crippen LogP contribution in [0.2, 0.25) is 5.02 Å². The number of carbonyl (C=O) groups excluding carboxylic acids is 1. The molecule has 1 fully saturated rings. The lowest BCUT2D eigenvalue weighted by atomic mass is 10.0. The van der Waals surface area contributed by atoms with Gasteiger partial charge < -0.3 is 15.1 Å². The summed E-state index contributed by atoms with van der Waals surface area (Å²) < 4.78 is 13.3. The van der Waals surface area contributed by atoms with Crippen molar-refractivity contribution >= 4 is 40.5 Å². The number of benzene rings is 1. The molecular formula is C18H25ClFN3OS. The van der Waals surface area contributed by atoms with Crippen molar-refractivity contribution in [2.24, 2.45) is 0 Å². The minimum Gasteiger partial charge on any atom is -0.343 e. The number of nitrogens with one attached hydrogen (secondary N) is 1. The van der Waals surface area contributed by atoms with Gasteiger partial charge in [-0.1, -0.05) is 18.5 Å². The van der Waals surface area contributed by atoms with Crippen LogP contribution in [0.3, 0.4) is 0 Å². The fourth-order valence-electron chi connectivity index (χ4n) is 3.14. The summed E-state index contributed by atoms with van der Waals surface area (Å²) >= 11 is 11.5. The molecule has 1 atom stereocenters. The zero-order valence-electron chi connectivity index (χ0n) is 14.9. The van der Waals surface area contributed by atoms with Crippen LogP contribution in [-0.4, -0.2) is 46.0 Å². The van der Waals surface area contributed by atoms with Crippen molar-refractivity contribution in [2.45, 2.75) is 52.1 Å². The highest BCUT2D eigenvalue weighted by molar-refractivity contribution is 7.80. The second-order valence-corrected chi connectivity index (χ2v) is 7.25. The van der Waals surface area contributed by atoms with E-state index in [0.717, 1.165) is 32.4 Å². The van der Waals surface area contributed by atoms with Gasteiger partial charge in [0.05, 0.1) is 5.02 Å². The lowest BCUT2D eigenvalue weighted by molar-refractivity contribution is -0.130. The van der Waals surface area contributed by atoms with Crippen molar-refractivity contribution in [3.63, 3.8) is 0 Å². The highest BCUT2D eigenvalue weighted by Gasteiger charge is 2.29. The standard InChI is InChI=1S/C18H25ClFN3OS/c1-4-12(2)23(15-7-9-22(10-8-15)13(3)24)18(25)21-14-5-6-17(20)16(19)11-14/h5-6,11-12,15H,4,7-10H2,1-3H3,(H,21,25). The molecule has 1 aliphatic rings. The van der Waals surface area contributed by atoms with Gasteiger partial charge in [-0.2, -0.15) is 0 Å². The van der Waals surface area contributed by atoms with E-state index in [1.54, 1.807) is 13.0 Å². The summed E-state index contributed by atoms with van der Waals surface area (Å²) in [4.78, 5) is 15.6. The van der Waals surface area contributed by atoms with E-state index in [1.165, 1.54) is 12.1 Å². The molecule has 0 radical (unpaired) electrons. The van der Waals surface area contributed by atoms with Crippen LogP contribution in [0.15, 0.2) is 18.2 Å². The number of amides is 1. The first-order valence-electron chi connectivity index (χ1n) is 8.63. The molecule has 7 heteroatoms. The smallest absolute Gasteiger partial charge is 0.219 e. The van der Waals surface area contributed by atoms with E-state index in [4.69, 9.17) is 23.8 Å². The van der Waals surface area contributed by atoms with Crippen molar-refractivity contribution in [3.8, 4) is 0 Å². The van der Waals surface area contributed by atoms with E-state index in [2.05, 4.69) is 24.1 Å². The highest BCUT2D eigenvalue weighted by Crippen LogP contribution is 2.24. The molecule has 0 saturated carbocycles. The number of halogens is 2. The molecule has 1 aliphatic heterocycles. The molecule has 2 rings (SSSR count). The van der Waals surface area contributed by atoms with Gasteiger partial charge in [-0.15, -0.1) is 0 Å². The van der Waals surface area contributed by atoms with Gasteiger partial charge in [-0.3, -0.25) is 4.79 Å². The Morgan fingerprint density at radius 2 is 2.12 bits per heavy atom. The molecular weight excluding hydrogens is 361 g/mol. The first-order chi connectivity index (χ1) is 11.8. The second kappa shape index (κ2) is 8.81. The van der Waals surface area contributed by atoms with E-state index < -0.39 is 5.82 Å². The van der Waals surface area contributed by atoms with Gasteiger partial charge in [-0.25, -0.2) is 4.39 Å². The maximum Gasteiger partial charge on any atom is 0.219 e. The lowest BCUT2D eigenvalue weighted by Crippen LogP contribution is -2.52. The Hall–Kier alpha value is -1.40. The topological polar surface area (TPSA) is 35.6 Å². The fourth-order valence-corrected chi connectivity index (χ4v) is 3.77. The molecule has 1 saturated heterocycles. The molecule has 1 heterocycles. The van der Waals surface area contributed by atoms with Crippen LogP contribution >= 0.6 is 23.8 Å². The summed E-state index contributed by atoms with van der Waals surface area (Å²) in [5.74, 6) is -0.330. The minimum absolute atomic E-state index is 0.0673. The summed E-state index contributed by atoms with van der Waals surface area (Å²) in [6.45, 7) is 7.37. The normalized spacial score (nSPS) is 16.4. The Kier molecular flexibility index (Phi) is 7.02. The Labute approximate surface area is 159 Å². The predicted octanol–water partition coefficient (Wildman–Crippen LogP) is 4.29. The van der Waals surface area contributed by atoms with Crippen molar-refractivity contribution in [1.82, 2.24) is 9.80 Å². The maximum absolute atomic E-state index is 13.3. The Bertz CT molecular complexity index is 635. The Morgan fingerprint density at radius 3 is 2.64 bits per heavy atom. The van der Waals surface area contributed by atoms with Crippen LogP contribution < -0.4 is 5.32 Å². The summed E-state index contributed by atoms with van der Waals surface area (Å²) in [5.41, 5.74) is 0.672. The van der Waals surface area contributed by atoms with Gasteiger partial charge in [0.25, 0.3) is 0 Å². The number of hydrogen-bond acceptors (Lipinski definition) is 2. The average molecular weight is 386 g/mol. The van der Waals surface area contributed by atoms with Crippen molar-refractivity contribution in [3.05, 3.63) is 29.0 Å². The number of rotatable bonds is 4. The highest BCUT2D eigenvalue weighted by atomic mass is 35.5.